The molecule has 178 valence electrons. The van der Waals surface area contributed by atoms with Crippen molar-refractivity contribution >= 4 is 38.7 Å². The first-order valence-corrected chi connectivity index (χ1v) is 12.8. The predicted molar refractivity (Wildman–Crippen MR) is 132 cm³/mol. The van der Waals surface area contributed by atoms with Gasteiger partial charge in [-0.15, -0.1) is 22.7 Å². The Hall–Kier alpha value is -1.91. The lowest BCUT2D eigenvalue weighted by molar-refractivity contribution is -0.183. The fourth-order valence-corrected chi connectivity index (χ4v) is 6.27. The highest BCUT2D eigenvalue weighted by atomic mass is 32.1. The van der Waals surface area contributed by atoms with E-state index < -0.39 is 11.6 Å². The predicted octanol–water partition coefficient (Wildman–Crippen LogP) is 4.77. The third-order valence-electron chi connectivity index (χ3n) is 6.32. The summed E-state index contributed by atoms with van der Waals surface area (Å²) in [4.78, 5) is 24.9. The van der Waals surface area contributed by atoms with Crippen LogP contribution in [0.4, 0.5) is 0 Å². The summed E-state index contributed by atoms with van der Waals surface area (Å²) >= 11 is 3.29. The summed E-state index contributed by atoms with van der Waals surface area (Å²) in [7, 11) is 1.59. The Balaban J connectivity index is 1.57. The van der Waals surface area contributed by atoms with Crippen molar-refractivity contribution in [2.45, 2.75) is 39.3 Å². The number of fused-ring (bicyclic) bond motifs is 1. The van der Waals surface area contributed by atoms with E-state index in [-0.39, 0.29) is 17.9 Å². The van der Waals surface area contributed by atoms with Gasteiger partial charge in [-0.2, -0.15) is 0 Å². The Morgan fingerprint density at radius 3 is 2.85 bits per heavy atom. The van der Waals surface area contributed by atoms with Crippen LogP contribution >= 0.6 is 22.7 Å². The number of likely N-dealkylation sites (tertiary alicyclic amines) is 1. The maximum Gasteiger partial charge on any atom is 0.337 e. The van der Waals surface area contributed by atoms with Gasteiger partial charge >= 0.3 is 5.97 Å². The number of carboxylic acids is 1. The van der Waals surface area contributed by atoms with Crippen molar-refractivity contribution in [2.75, 3.05) is 33.4 Å². The van der Waals surface area contributed by atoms with E-state index in [1.54, 1.807) is 29.8 Å². The summed E-state index contributed by atoms with van der Waals surface area (Å²) < 4.78 is 12.2. The quantitative estimate of drug-likeness (QED) is 0.456. The van der Waals surface area contributed by atoms with Gasteiger partial charge < -0.3 is 14.6 Å². The summed E-state index contributed by atoms with van der Waals surface area (Å²) in [6.07, 6.45) is 4.20. The molecule has 1 N–H and O–H groups in total. The standard InChI is InChI=1S/C24H31N3O4S2/c1-23(2,3)17-11-24(22(28)29,31-9-8-30-4)15-27(13-17)14-18-12-26-21(33-18)19-20-16(5-7-25-19)6-10-32-20/h5-7,10,12,17H,8-9,11,13-15H2,1-4H3,(H,28,29)/t17-,24+/m1/s1. The van der Waals surface area contributed by atoms with E-state index >= 15 is 0 Å². The number of thiazole rings is 1. The Morgan fingerprint density at radius 1 is 1.30 bits per heavy atom. The molecule has 2 atom stereocenters. The molecule has 33 heavy (non-hydrogen) atoms. The number of hydrogen-bond acceptors (Lipinski definition) is 8. The highest BCUT2D eigenvalue weighted by Crippen LogP contribution is 2.40. The number of rotatable bonds is 8. The Kier molecular flexibility index (Phi) is 7.16. The molecule has 7 nitrogen and oxygen atoms in total. The molecule has 4 heterocycles. The number of carbonyl (C=O) groups is 1. The topological polar surface area (TPSA) is 84.8 Å². The van der Waals surface area contributed by atoms with E-state index in [9.17, 15) is 9.90 Å². The minimum absolute atomic E-state index is 0.0401. The summed E-state index contributed by atoms with van der Waals surface area (Å²) in [5, 5.41) is 14.3. The molecular weight excluding hydrogens is 458 g/mol. The van der Waals surface area contributed by atoms with Crippen LogP contribution in [-0.2, 0) is 20.8 Å². The molecule has 1 saturated heterocycles. The van der Waals surface area contributed by atoms with Crippen LogP contribution in [0.15, 0.2) is 29.9 Å². The van der Waals surface area contributed by atoms with Crippen molar-refractivity contribution in [3.05, 3.63) is 34.8 Å². The van der Waals surface area contributed by atoms with Crippen LogP contribution in [0.2, 0.25) is 0 Å². The fraction of sp³-hybridized carbons (Fsp3) is 0.542. The molecule has 0 saturated carbocycles. The van der Waals surface area contributed by atoms with Crippen molar-refractivity contribution in [1.29, 1.82) is 0 Å². The third kappa shape index (κ3) is 5.27. The minimum atomic E-state index is -1.24. The molecule has 0 aliphatic carbocycles. The van der Waals surface area contributed by atoms with Gasteiger partial charge in [-0.05, 0) is 40.7 Å². The maximum absolute atomic E-state index is 12.4. The number of nitrogens with zero attached hydrogens (tertiary/aromatic N) is 3. The van der Waals surface area contributed by atoms with Crippen LogP contribution in [0.3, 0.4) is 0 Å². The van der Waals surface area contributed by atoms with Gasteiger partial charge in [-0.25, -0.2) is 9.78 Å². The summed E-state index contributed by atoms with van der Waals surface area (Å²) in [5.41, 5.74) is -0.374. The van der Waals surface area contributed by atoms with E-state index in [1.165, 1.54) is 5.39 Å². The van der Waals surface area contributed by atoms with E-state index in [0.717, 1.165) is 26.8 Å². The van der Waals surface area contributed by atoms with E-state index in [0.29, 0.717) is 26.1 Å². The fourth-order valence-electron chi connectivity index (χ4n) is 4.36. The minimum Gasteiger partial charge on any atom is -0.479 e. The number of pyridine rings is 1. The van der Waals surface area contributed by atoms with Crippen LogP contribution in [0.1, 0.15) is 32.1 Å². The van der Waals surface area contributed by atoms with Crippen LogP contribution in [0.25, 0.3) is 20.8 Å². The van der Waals surface area contributed by atoms with E-state index in [2.05, 4.69) is 47.1 Å². The summed E-state index contributed by atoms with van der Waals surface area (Å²) in [5.74, 6) is -0.727. The number of ether oxygens (including phenoxy) is 2. The lowest BCUT2D eigenvalue weighted by atomic mass is 9.71. The first kappa shape index (κ1) is 24.2. The number of carboxylic acid groups (broad SMARTS) is 1. The van der Waals surface area contributed by atoms with Gasteiger partial charge in [0.15, 0.2) is 5.60 Å². The van der Waals surface area contributed by atoms with Gasteiger partial charge in [0.1, 0.15) is 10.7 Å². The Bertz CT molecular complexity index is 1110. The van der Waals surface area contributed by atoms with Gasteiger partial charge in [-0.1, -0.05) is 20.8 Å². The largest absolute Gasteiger partial charge is 0.479 e. The molecular formula is C24H31N3O4S2. The SMILES string of the molecule is COCCO[C@@]1(C(=O)O)C[C@@H](C(C)(C)C)CN(Cc2cnc(-c3nccc4ccsc34)s2)C1. The van der Waals surface area contributed by atoms with Crippen LogP contribution in [0.5, 0.6) is 0 Å². The molecule has 1 fully saturated rings. The molecule has 0 spiro atoms. The highest BCUT2D eigenvalue weighted by molar-refractivity contribution is 7.19. The van der Waals surface area contributed by atoms with E-state index in [4.69, 9.17) is 9.47 Å². The van der Waals surface area contributed by atoms with Crippen molar-refractivity contribution in [2.24, 2.45) is 11.3 Å². The molecule has 0 bridgehead atoms. The number of aromatic nitrogens is 2. The lowest BCUT2D eigenvalue weighted by Gasteiger charge is -2.47. The van der Waals surface area contributed by atoms with Gasteiger partial charge in [0.05, 0.1) is 17.9 Å². The molecule has 0 unspecified atom stereocenters. The zero-order chi connectivity index (χ0) is 23.6. The molecule has 9 heteroatoms. The second-order valence-corrected chi connectivity index (χ2v) is 11.7. The van der Waals surface area contributed by atoms with Crippen molar-refractivity contribution in [3.63, 3.8) is 0 Å². The van der Waals surface area contributed by atoms with Gasteiger partial charge in [-0.3, -0.25) is 9.88 Å². The van der Waals surface area contributed by atoms with Crippen LogP contribution < -0.4 is 0 Å². The maximum atomic E-state index is 12.4. The van der Waals surface area contributed by atoms with Crippen molar-refractivity contribution in [3.8, 4) is 10.7 Å². The molecule has 4 rings (SSSR count). The second kappa shape index (κ2) is 9.76. The molecule has 3 aromatic rings. The summed E-state index contributed by atoms with van der Waals surface area (Å²) in [6, 6.07) is 4.11. The molecule has 0 radical (unpaired) electrons. The zero-order valence-corrected chi connectivity index (χ0v) is 21.2. The molecule has 3 aromatic heterocycles. The molecule has 0 amide bonds. The monoisotopic (exact) mass is 489 g/mol. The Morgan fingerprint density at radius 2 is 2.12 bits per heavy atom. The molecule has 0 aromatic carbocycles. The number of hydrogen-bond donors (Lipinski definition) is 1. The van der Waals surface area contributed by atoms with Gasteiger partial charge in [0.2, 0.25) is 0 Å². The number of methoxy groups -OCH3 is 1. The molecule has 1 aliphatic rings. The first-order valence-electron chi connectivity index (χ1n) is 11.1. The first-order chi connectivity index (χ1) is 15.7. The van der Waals surface area contributed by atoms with Gasteiger partial charge in [0.25, 0.3) is 0 Å². The van der Waals surface area contributed by atoms with Crippen molar-refractivity contribution < 1.29 is 19.4 Å². The highest BCUT2D eigenvalue weighted by Gasteiger charge is 2.49. The lowest BCUT2D eigenvalue weighted by Crippen LogP contribution is -2.59. The average Bonchev–Trinajstić information content (AvgIpc) is 3.42. The second-order valence-electron chi connectivity index (χ2n) is 9.71. The molecule has 1 aliphatic heterocycles. The smallest absolute Gasteiger partial charge is 0.337 e. The van der Waals surface area contributed by atoms with Crippen molar-refractivity contribution in [1.82, 2.24) is 14.9 Å². The average molecular weight is 490 g/mol. The number of aliphatic carboxylic acids is 1. The Labute approximate surface area is 202 Å². The summed E-state index contributed by atoms with van der Waals surface area (Å²) in [6.45, 7) is 8.92. The normalized spacial score (nSPS) is 22.1. The number of piperidine rings is 1. The van der Waals surface area contributed by atoms with Crippen LogP contribution in [0, 0.1) is 11.3 Å². The zero-order valence-electron chi connectivity index (χ0n) is 19.5. The van der Waals surface area contributed by atoms with E-state index in [1.807, 2.05) is 18.5 Å². The van der Waals surface area contributed by atoms with Gasteiger partial charge in [0, 0.05) is 44.0 Å². The third-order valence-corrected chi connectivity index (χ3v) is 8.24. The number of thiophene rings is 1. The van der Waals surface area contributed by atoms with Crippen LogP contribution in [-0.4, -0.2) is 65.0 Å².